The molecular formula is C21H28O4. The summed E-state index contributed by atoms with van der Waals surface area (Å²) < 4.78 is 6.04. The molecule has 0 saturated heterocycles. The van der Waals surface area contributed by atoms with Crippen LogP contribution in [0.1, 0.15) is 62.5 Å². The van der Waals surface area contributed by atoms with Gasteiger partial charge in [0.15, 0.2) is 0 Å². The van der Waals surface area contributed by atoms with Crippen molar-refractivity contribution in [3.8, 4) is 5.75 Å². The van der Waals surface area contributed by atoms with Crippen LogP contribution in [0.2, 0.25) is 0 Å². The number of aromatic hydroxyl groups is 1. The number of carboxylic acids is 1. The zero-order valence-electron chi connectivity index (χ0n) is 14.9. The van der Waals surface area contributed by atoms with Gasteiger partial charge in [0.25, 0.3) is 0 Å². The number of aliphatic carboxylic acids is 1. The van der Waals surface area contributed by atoms with Gasteiger partial charge in [-0.2, -0.15) is 0 Å². The second-order valence-electron chi connectivity index (χ2n) is 8.42. The van der Waals surface area contributed by atoms with Crippen molar-refractivity contribution in [1.29, 1.82) is 0 Å². The van der Waals surface area contributed by atoms with Crippen molar-refractivity contribution in [2.24, 2.45) is 17.3 Å². The van der Waals surface area contributed by atoms with Gasteiger partial charge in [-0.05, 0) is 85.0 Å². The van der Waals surface area contributed by atoms with Crippen LogP contribution in [-0.4, -0.2) is 28.9 Å². The van der Waals surface area contributed by atoms with E-state index in [1.54, 1.807) is 0 Å². The summed E-state index contributed by atoms with van der Waals surface area (Å²) in [5.74, 6) is 1.58. The minimum absolute atomic E-state index is 0.0974. The number of phenols is 1. The Morgan fingerprint density at radius 2 is 2.12 bits per heavy atom. The monoisotopic (exact) mass is 344 g/mol. The first-order chi connectivity index (χ1) is 12.0. The molecule has 0 bridgehead atoms. The fourth-order valence-corrected chi connectivity index (χ4v) is 6.08. The number of carboxylic acid groups (broad SMARTS) is 1. The third-order valence-corrected chi connectivity index (χ3v) is 7.26. The topological polar surface area (TPSA) is 66.8 Å². The molecule has 2 saturated carbocycles. The number of fused-ring (bicyclic) bond motifs is 5. The molecule has 2 fully saturated rings. The number of rotatable bonds is 4. The van der Waals surface area contributed by atoms with E-state index in [4.69, 9.17) is 9.84 Å². The molecule has 1 aromatic carbocycles. The van der Waals surface area contributed by atoms with Gasteiger partial charge < -0.3 is 14.9 Å². The summed E-state index contributed by atoms with van der Waals surface area (Å²) in [5, 5.41) is 18.6. The Kier molecular flexibility index (Phi) is 4.27. The number of ether oxygens (including phenoxy) is 1. The van der Waals surface area contributed by atoms with E-state index in [-0.39, 0.29) is 17.9 Å². The number of phenolic OH excluding ortho intramolecular Hbond substituents is 1. The smallest absolute Gasteiger partial charge is 0.305 e. The highest BCUT2D eigenvalue weighted by molar-refractivity contribution is 5.66. The number of hydrogen-bond acceptors (Lipinski definition) is 3. The van der Waals surface area contributed by atoms with E-state index in [0.29, 0.717) is 30.1 Å². The molecule has 3 aliphatic carbocycles. The fraction of sp³-hybridized carbons (Fsp3) is 0.667. The Bertz CT molecular complexity index is 670. The van der Waals surface area contributed by atoms with Crippen LogP contribution in [0, 0.1) is 17.3 Å². The van der Waals surface area contributed by atoms with Crippen LogP contribution in [0.5, 0.6) is 5.75 Å². The van der Waals surface area contributed by atoms with Gasteiger partial charge in [-0.3, -0.25) is 4.79 Å². The highest BCUT2D eigenvalue weighted by atomic mass is 16.5. The molecule has 136 valence electrons. The normalized spacial score (nSPS) is 36.4. The molecule has 0 radical (unpaired) electrons. The maximum atomic E-state index is 10.8. The third-order valence-electron chi connectivity index (χ3n) is 7.26. The minimum Gasteiger partial charge on any atom is -0.508 e. The predicted octanol–water partition coefficient (Wildman–Crippen LogP) is 4.11. The Morgan fingerprint density at radius 3 is 2.92 bits per heavy atom. The lowest BCUT2D eigenvalue weighted by atomic mass is 9.55. The van der Waals surface area contributed by atoms with E-state index in [2.05, 4.69) is 13.0 Å². The minimum atomic E-state index is -0.782. The van der Waals surface area contributed by atoms with E-state index < -0.39 is 5.97 Å². The Hall–Kier alpha value is -1.55. The van der Waals surface area contributed by atoms with Gasteiger partial charge in [-0.25, -0.2) is 0 Å². The third kappa shape index (κ3) is 2.84. The van der Waals surface area contributed by atoms with Crippen molar-refractivity contribution in [3.05, 3.63) is 29.3 Å². The number of hydrogen-bond donors (Lipinski definition) is 2. The number of benzene rings is 1. The van der Waals surface area contributed by atoms with Crippen molar-refractivity contribution in [2.75, 3.05) is 6.61 Å². The molecule has 1 aromatic rings. The number of carbonyl (C=O) groups is 1. The molecule has 3 aliphatic rings. The molecule has 0 heterocycles. The van der Waals surface area contributed by atoms with Gasteiger partial charge in [0.05, 0.1) is 19.1 Å². The summed E-state index contributed by atoms with van der Waals surface area (Å²) in [5.41, 5.74) is 2.97. The van der Waals surface area contributed by atoms with Gasteiger partial charge in [-0.15, -0.1) is 0 Å². The van der Waals surface area contributed by atoms with Crippen LogP contribution in [0.25, 0.3) is 0 Å². The van der Waals surface area contributed by atoms with Gasteiger partial charge in [0.1, 0.15) is 5.75 Å². The Balaban J connectivity index is 1.52. The van der Waals surface area contributed by atoms with Crippen molar-refractivity contribution in [1.82, 2.24) is 0 Å². The summed E-state index contributed by atoms with van der Waals surface area (Å²) in [7, 11) is 0. The maximum absolute atomic E-state index is 10.8. The Morgan fingerprint density at radius 1 is 1.28 bits per heavy atom. The largest absolute Gasteiger partial charge is 0.508 e. The second kappa shape index (κ2) is 6.31. The molecule has 4 unspecified atom stereocenters. The summed E-state index contributed by atoms with van der Waals surface area (Å²) >= 11 is 0. The Labute approximate surface area is 149 Å². The van der Waals surface area contributed by atoms with Crippen LogP contribution in [0.4, 0.5) is 0 Å². The molecule has 4 nitrogen and oxygen atoms in total. The molecular weight excluding hydrogens is 316 g/mol. The fourth-order valence-electron chi connectivity index (χ4n) is 6.08. The lowest BCUT2D eigenvalue weighted by molar-refractivity contribution is -0.139. The van der Waals surface area contributed by atoms with Gasteiger partial charge >= 0.3 is 5.97 Å². The van der Waals surface area contributed by atoms with Crippen LogP contribution in [0.15, 0.2) is 18.2 Å². The SMILES string of the molecule is CC12CCC3c4ccc(O)cc4CCC3C1CC[C@@H]2OCCC(=O)O. The standard InChI is InChI=1S/C21H28O4/c1-21-10-8-16-15-5-3-14(22)12-13(15)2-4-17(16)18(21)6-7-19(21)25-11-9-20(23)24/h3,5,12,16-19,22H,2,4,6-11H2,1H3,(H,23,24)/t16?,17?,18?,19-,21?/m0/s1. The molecule has 2 N–H and O–H groups in total. The van der Waals surface area contributed by atoms with Gasteiger partial charge in [0.2, 0.25) is 0 Å². The van der Waals surface area contributed by atoms with E-state index in [9.17, 15) is 9.90 Å². The highest BCUT2D eigenvalue weighted by Gasteiger charge is 2.55. The maximum Gasteiger partial charge on any atom is 0.305 e. The summed E-state index contributed by atoms with van der Waals surface area (Å²) in [6.07, 6.45) is 7.14. The average Bonchev–Trinajstić information content (AvgIpc) is 2.91. The van der Waals surface area contributed by atoms with Gasteiger partial charge in [-0.1, -0.05) is 13.0 Å². The average molecular weight is 344 g/mol. The van der Waals surface area contributed by atoms with Crippen LogP contribution < -0.4 is 0 Å². The van der Waals surface area contributed by atoms with Crippen molar-refractivity contribution in [2.45, 2.75) is 63.9 Å². The zero-order valence-corrected chi connectivity index (χ0v) is 14.9. The molecule has 0 aromatic heterocycles. The van der Waals surface area contributed by atoms with E-state index in [1.807, 2.05) is 12.1 Å². The highest BCUT2D eigenvalue weighted by Crippen LogP contribution is 2.61. The molecule has 25 heavy (non-hydrogen) atoms. The first kappa shape index (κ1) is 16.9. The molecule has 4 heteroatoms. The van der Waals surface area contributed by atoms with Crippen LogP contribution in [-0.2, 0) is 16.0 Å². The van der Waals surface area contributed by atoms with Gasteiger partial charge in [0, 0.05) is 0 Å². The quantitative estimate of drug-likeness (QED) is 0.863. The first-order valence-corrected chi connectivity index (χ1v) is 9.64. The molecule has 4 rings (SSSR count). The molecule has 5 atom stereocenters. The summed E-state index contributed by atoms with van der Waals surface area (Å²) in [4.78, 5) is 10.8. The van der Waals surface area contributed by atoms with Crippen molar-refractivity contribution in [3.63, 3.8) is 0 Å². The van der Waals surface area contributed by atoms with E-state index in [1.165, 1.54) is 30.4 Å². The van der Waals surface area contributed by atoms with E-state index >= 15 is 0 Å². The molecule has 0 spiro atoms. The van der Waals surface area contributed by atoms with E-state index in [0.717, 1.165) is 19.3 Å². The lowest BCUT2D eigenvalue weighted by Gasteiger charge is -2.50. The summed E-state index contributed by atoms with van der Waals surface area (Å²) in [6.45, 7) is 2.71. The van der Waals surface area contributed by atoms with Crippen molar-refractivity contribution >= 4 is 5.97 Å². The van der Waals surface area contributed by atoms with Crippen LogP contribution in [0.3, 0.4) is 0 Å². The lowest BCUT2D eigenvalue weighted by Crippen LogP contribution is -2.44. The summed E-state index contributed by atoms with van der Waals surface area (Å²) in [6, 6.07) is 5.92. The van der Waals surface area contributed by atoms with Crippen molar-refractivity contribution < 1.29 is 19.7 Å². The molecule has 0 aliphatic heterocycles. The number of aryl methyl sites for hydroxylation is 1. The van der Waals surface area contributed by atoms with Crippen LogP contribution >= 0.6 is 0 Å². The first-order valence-electron chi connectivity index (χ1n) is 9.64. The predicted molar refractivity (Wildman–Crippen MR) is 94.7 cm³/mol. The zero-order chi connectivity index (χ0) is 17.6. The second-order valence-corrected chi connectivity index (χ2v) is 8.42. The molecule has 0 amide bonds.